The SMILES string of the molecule is OCc1nnc2n1CC(C(F)(F)F)CC2. The molecule has 4 nitrogen and oxygen atoms in total. The molecule has 2 rings (SSSR count). The van der Waals surface area contributed by atoms with Crippen LogP contribution >= 0.6 is 0 Å². The van der Waals surface area contributed by atoms with Crippen molar-refractivity contribution >= 4 is 0 Å². The molecule has 1 aromatic heterocycles. The summed E-state index contributed by atoms with van der Waals surface area (Å²) in [4.78, 5) is 0. The first kappa shape index (κ1) is 10.4. The number of hydrogen-bond acceptors (Lipinski definition) is 3. The third-order valence-electron chi connectivity index (χ3n) is 2.63. The first-order valence-corrected chi connectivity index (χ1v) is 4.61. The summed E-state index contributed by atoms with van der Waals surface area (Å²) in [5.74, 6) is -0.621. The standard InChI is InChI=1S/C8H10F3N3O/c9-8(10,11)5-1-2-6-12-13-7(4-15)14(6)3-5/h5,15H,1-4H2. The van der Waals surface area contributed by atoms with E-state index in [4.69, 9.17) is 5.11 Å². The lowest BCUT2D eigenvalue weighted by molar-refractivity contribution is -0.182. The minimum Gasteiger partial charge on any atom is -0.388 e. The smallest absolute Gasteiger partial charge is 0.388 e. The minimum absolute atomic E-state index is 0.0487. The van der Waals surface area contributed by atoms with Gasteiger partial charge in [-0.1, -0.05) is 0 Å². The molecule has 0 aliphatic carbocycles. The summed E-state index contributed by atoms with van der Waals surface area (Å²) in [6.45, 7) is -0.556. The summed E-state index contributed by atoms with van der Waals surface area (Å²) < 4.78 is 38.7. The van der Waals surface area contributed by atoms with Crippen molar-refractivity contribution in [2.24, 2.45) is 5.92 Å². The zero-order valence-electron chi connectivity index (χ0n) is 7.83. The van der Waals surface area contributed by atoms with Crippen molar-refractivity contribution in [3.05, 3.63) is 11.6 Å². The molecule has 84 valence electrons. The second-order valence-electron chi connectivity index (χ2n) is 3.58. The van der Waals surface area contributed by atoms with Crippen LogP contribution in [-0.2, 0) is 19.6 Å². The number of rotatable bonds is 1. The molecule has 0 saturated carbocycles. The highest BCUT2D eigenvalue weighted by atomic mass is 19.4. The number of aryl methyl sites for hydroxylation is 1. The molecule has 15 heavy (non-hydrogen) atoms. The van der Waals surface area contributed by atoms with Crippen molar-refractivity contribution in [1.29, 1.82) is 0 Å². The quantitative estimate of drug-likeness (QED) is 0.766. The maximum Gasteiger partial charge on any atom is 0.393 e. The van der Waals surface area contributed by atoms with E-state index < -0.39 is 12.1 Å². The van der Waals surface area contributed by atoms with Gasteiger partial charge in [-0.15, -0.1) is 10.2 Å². The predicted molar refractivity (Wildman–Crippen MR) is 43.8 cm³/mol. The largest absolute Gasteiger partial charge is 0.393 e. The molecule has 7 heteroatoms. The Balaban J connectivity index is 2.25. The first-order chi connectivity index (χ1) is 7.02. The highest BCUT2D eigenvalue weighted by Gasteiger charge is 2.42. The van der Waals surface area contributed by atoms with E-state index in [9.17, 15) is 13.2 Å². The molecule has 1 aliphatic heterocycles. The fraction of sp³-hybridized carbons (Fsp3) is 0.750. The molecule has 0 bridgehead atoms. The fourth-order valence-electron chi connectivity index (χ4n) is 1.77. The number of nitrogens with zero attached hydrogens (tertiary/aromatic N) is 3. The Morgan fingerprint density at radius 3 is 2.73 bits per heavy atom. The van der Waals surface area contributed by atoms with Gasteiger partial charge in [0, 0.05) is 13.0 Å². The van der Waals surface area contributed by atoms with Crippen LogP contribution in [-0.4, -0.2) is 26.0 Å². The number of aliphatic hydroxyl groups is 1. The zero-order valence-corrected chi connectivity index (χ0v) is 7.83. The van der Waals surface area contributed by atoms with E-state index >= 15 is 0 Å². The molecule has 1 aliphatic rings. The lowest BCUT2D eigenvalue weighted by Crippen LogP contribution is -2.32. The van der Waals surface area contributed by atoms with Crippen LogP contribution in [0.4, 0.5) is 13.2 Å². The van der Waals surface area contributed by atoms with Gasteiger partial charge in [0.15, 0.2) is 5.82 Å². The van der Waals surface area contributed by atoms with Crippen LogP contribution in [0, 0.1) is 5.92 Å². The molecule has 0 radical (unpaired) electrons. The third kappa shape index (κ3) is 1.83. The lowest BCUT2D eigenvalue weighted by atomic mass is 9.99. The van der Waals surface area contributed by atoms with Crippen LogP contribution in [0.15, 0.2) is 0 Å². The van der Waals surface area contributed by atoms with E-state index in [-0.39, 0.29) is 31.8 Å². The van der Waals surface area contributed by atoms with Crippen LogP contribution in [0.1, 0.15) is 18.1 Å². The first-order valence-electron chi connectivity index (χ1n) is 4.61. The van der Waals surface area contributed by atoms with E-state index in [0.29, 0.717) is 5.82 Å². The number of fused-ring (bicyclic) bond motifs is 1. The maximum absolute atomic E-state index is 12.5. The average molecular weight is 221 g/mol. The molecular weight excluding hydrogens is 211 g/mol. The molecule has 0 spiro atoms. The Bertz CT molecular complexity index is 347. The summed E-state index contributed by atoms with van der Waals surface area (Å²) in [6, 6.07) is 0. The molecule has 0 amide bonds. The van der Waals surface area contributed by atoms with Crippen LogP contribution in [0.3, 0.4) is 0 Å². The Morgan fingerprint density at radius 1 is 1.40 bits per heavy atom. The highest BCUT2D eigenvalue weighted by Crippen LogP contribution is 2.34. The zero-order chi connectivity index (χ0) is 11.1. The van der Waals surface area contributed by atoms with Crippen LogP contribution in [0.25, 0.3) is 0 Å². The molecule has 0 saturated heterocycles. The summed E-state index contributed by atoms with van der Waals surface area (Å²) in [6.07, 6.45) is -3.88. The normalized spacial score (nSPS) is 21.5. The maximum atomic E-state index is 12.5. The lowest BCUT2D eigenvalue weighted by Gasteiger charge is -2.25. The monoisotopic (exact) mass is 221 g/mol. The van der Waals surface area contributed by atoms with Gasteiger partial charge in [0.05, 0.1) is 5.92 Å². The van der Waals surface area contributed by atoms with Gasteiger partial charge in [0.1, 0.15) is 12.4 Å². The Labute approximate surface area is 83.7 Å². The van der Waals surface area contributed by atoms with Gasteiger partial charge in [-0.05, 0) is 6.42 Å². The molecule has 1 aromatic rings. The van der Waals surface area contributed by atoms with Crippen LogP contribution in [0.5, 0.6) is 0 Å². The Morgan fingerprint density at radius 2 is 2.13 bits per heavy atom. The Hall–Kier alpha value is -1.11. The summed E-state index contributed by atoms with van der Waals surface area (Å²) >= 11 is 0. The molecule has 1 atom stereocenters. The second kappa shape index (κ2) is 3.48. The average Bonchev–Trinajstić information content (AvgIpc) is 2.57. The predicted octanol–water partition coefficient (Wildman–Crippen LogP) is 0.895. The van der Waals surface area contributed by atoms with Gasteiger partial charge in [0.2, 0.25) is 0 Å². The molecule has 2 heterocycles. The van der Waals surface area contributed by atoms with Crippen LogP contribution < -0.4 is 0 Å². The van der Waals surface area contributed by atoms with Crippen molar-refractivity contribution < 1.29 is 18.3 Å². The van der Waals surface area contributed by atoms with Crippen molar-refractivity contribution in [1.82, 2.24) is 14.8 Å². The second-order valence-corrected chi connectivity index (χ2v) is 3.58. The number of halogens is 3. The van der Waals surface area contributed by atoms with E-state index in [1.165, 1.54) is 4.57 Å². The van der Waals surface area contributed by atoms with E-state index in [0.717, 1.165) is 0 Å². The van der Waals surface area contributed by atoms with Gasteiger partial charge >= 0.3 is 6.18 Å². The summed E-state index contributed by atoms with van der Waals surface area (Å²) in [5, 5.41) is 16.2. The fourth-order valence-corrected chi connectivity index (χ4v) is 1.77. The van der Waals surface area contributed by atoms with Crippen molar-refractivity contribution in [2.45, 2.75) is 32.2 Å². The van der Waals surface area contributed by atoms with Crippen LogP contribution in [0.2, 0.25) is 0 Å². The van der Waals surface area contributed by atoms with Gasteiger partial charge < -0.3 is 9.67 Å². The third-order valence-corrected chi connectivity index (χ3v) is 2.63. The van der Waals surface area contributed by atoms with Gasteiger partial charge in [-0.2, -0.15) is 13.2 Å². The summed E-state index contributed by atoms with van der Waals surface area (Å²) in [5.41, 5.74) is 0. The summed E-state index contributed by atoms with van der Waals surface area (Å²) in [7, 11) is 0. The van der Waals surface area contributed by atoms with E-state index in [1.807, 2.05) is 0 Å². The van der Waals surface area contributed by atoms with Crippen molar-refractivity contribution in [2.75, 3.05) is 0 Å². The van der Waals surface area contributed by atoms with Gasteiger partial charge in [0.25, 0.3) is 0 Å². The number of aliphatic hydroxyl groups excluding tert-OH is 1. The molecule has 1 N–H and O–H groups in total. The van der Waals surface area contributed by atoms with E-state index in [1.54, 1.807) is 0 Å². The number of aromatic nitrogens is 3. The van der Waals surface area contributed by atoms with Gasteiger partial charge in [-0.3, -0.25) is 0 Å². The van der Waals surface area contributed by atoms with Gasteiger partial charge in [-0.25, -0.2) is 0 Å². The Kier molecular flexibility index (Phi) is 2.41. The van der Waals surface area contributed by atoms with E-state index in [2.05, 4.69) is 10.2 Å². The minimum atomic E-state index is -4.19. The highest BCUT2D eigenvalue weighted by molar-refractivity contribution is 4.99. The molecular formula is C8H10F3N3O. The molecule has 1 unspecified atom stereocenters. The van der Waals surface area contributed by atoms with Crippen molar-refractivity contribution in [3.63, 3.8) is 0 Å². The number of alkyl halides is 3. The topological polar surface area (TPSA) is 50.9 Å². The molecule has 0 fully saturated rings. The molecule has 0 aromatic carbocycles. The van der Waals surface area contributed by atoms with Crippen molar-refractivity contribution in [3.8, 4) is 0 Å². The number of hydrogen-bond donors (Lipinski definition) is 1.